The summed E-state index contributed by atoms with van der Waals surface area (Å²) in [5.74, 6) is 1.48. The molecule has 5 heteroatoms. The van der Waals surface area contributed by atoms with Crippen LogP contribution in [0.1, 0.15) is 24.5 Å². The van der Waals surface area contributed by atoms with Crippen molar-refractivity contribution in [2.24, 2.45) is 0 Å². The Kier molecular flexibility index (Phi) is 9.77. The van der Waals surface area contributed by atoms with Crippen molar-refractivity contribution >= 4 is 18.7 Å². The molecule has 4 aromatic carbocycles. The van der Waals surface area contributed by atoms with Gasteiger partial charge in [0.2, 0.25) is 0 Å². The molecule has 1 N–H and O–H groups in total. The first-order valence-electron chi connectivity index (χ1n) is 13.3. The van der Waals surface area contributed by atoms with Crippen LogP contribution in [-0.2, 0) is 10.8 Å². The molecule has 0 fully saturated rings. The quantitative estimate of drug-likeness (QED) is 0.184. The molecule has 0 amide bonds. The second kappa shape index (κ2) is 13.4. The highest BCUT2D eigenvalue weighted by Crippen LogP contribution is 2.17. The van der Waals surface area contributed by atoms with E-state index in [1.54, 1.807) is 0 Å². The van der Waals surface area contributed by atoms with Gasteiger partial charge in [0, 0.05) is 6.61 Å². The van der Waals surface area contributed by atoms with Crippen LogP contribution in [-0.4, -0.2) is 38.8 Å². The molecule has 0 saturated carbocycles. The van der Waals surface area contributed by atoms with Gasteiger partial charge in [-0.1, -0.05) is 90.5 Å². The molecule has 4 rings (SSSR count). The Bertz CT molecular complexity index is 1190. The molecule has 2 atom stereocenters. The average Bonchev–Trinajstić information content (AvgIpc) is 2.96. The molecule has 2 unspecified atom stereocenters. The summed E-state index contributed by atoms with van der Waals surface area (Å²) in [5, 5.41) is 13.0. The van der Waals surface area contributed by atoms with E-state index in [1.807, 2.05) is 50.2 Å². The minimum Gasteiger partial charge on any atom is -0.491 e. The summed E-state index contributed by atoms with van der Waals surface area (Å²) in [6.07, 6.45) is 0.756. The number of aliphatic hydroxyl groups excluding tert-OH is 1. The zero-order valence-electron chi connectivity index (χ0n) is 22.5. The van der Waals surface area contributed by atoms with E-state index in [-0.39, 0.29) is 12.7 Å². The van der Waals surface area contributed by atoms with Crippen molar-refractivity contribution in [3.05, 3.63) is 120 Å². The SMILES string of the molecule is Cc1ccc(OC(C)C(O)COc2ccc(CCCO[Si](C)(c3ccccc3)c3ccccc3)cc2)cc1. The van der Waals surface area contributed by atoms with E-state index < -0.39 is 14.4 Å². The molecule has 0 aliphatic rings. The van der Waals surface area contributed by atoms with Gasteiger partial charge in [-0.25, -0.2) is 0 Å². The minimum absolute atomic E-state index is 0.169. The van der Waals surface area contributed by atoms with Gasteiger partial charge in [-0.15, -0.1) is 0 Å². The van der Waals surface area contributed by atoms with Crippen LogP contribution in [0, 0.1) is 6.92 Å². The third-order valence-electron chi connectivity index (χ3n) is 6.88. The van der Waals surface area contributed by atoms with Crippen LogP contribution in [0.4, 0.5) is 0 Å². The molecular weight excluding hydrogens is 488 g/mol. The van der Waals surface area contributed by atoms with E-state index in [0.29, 0.717) is 6.61 Å². The number of aryl methyl sites for hydroxylation is 2. The smallest absolute Gasteiger partial charge is 0.252 e. The Morgan fingerprint density at radius 1 is 0.737 bits per heavy atom. The van der Waals surface area contributed by atoms with Crippen LogP contribution in [0.2, 0.25) is 6.55 Å². The first-order valence-corrected chi connectivity index (χ1v) is 15.7. The Morgan fingerprint density at radius 3 is 1.87 bits per heavy atom. The molecule has 0 aliphatic heterocycles. The van der Waals surface area contributed by atoms with Gasteiger partial charge < -0.3 is 19.0 Å². The van der Waals surface area contributed by atoms with Crippen LogP contribution < -0.4 is 19.8 Å². The van der Waals surface area contributed by atoms with Gasteiger partial charge >= 0.3 is 0 Å². The van der Waals surface area contributed by atoms with Crippen molar-refractivity contribution in [3.8, 4) is 11.5 Å². The fourth-order valence-corrected chi connectivity index (χ4v) is 7.25. The van der Waals surface area contributed by atoms with Crippen LogP contribution in [0.25, 0.3) is 0 Å². The number of aliphatic hydroxyl groups is 1. The third-order valence-corrected chi connectivity index (χ3v) is 10.5. The molecule has 4 aromatic rings. The van der Waals surface area contributed by atoms with E-state index in [9.17, 15) is 5.11 Å². The Hall–Kier alpha value is -3.38. The summed E-state index contributed by atoms with van der Waals surface area (Å²) in [7, 11) is -2.26. The molecule has 0 spiro atoms. The second-order valence-corrected chi connectivity index (χ2v) is 13.4. The van der Waals surface area contributed by atoms with Gasteiger partial charge in [-0.3, -0.25) is 0 Å². The largest absolute Gasteiger partial charge is 0.491 e. The normalized spacial score (nSPS) is 13.1. The first-order chi connectivity index (χ1) is 18.4. The monoisotopic (exact) mass is 526 g/mol. The van der Waals surface area contributed by atoms with Gasteiger partial charge in [0.1, 0.15) is 30.3 Å². The van der Waals surface area contributed by atoms with Crippen LogP contribution >= 0.6 is 0 Å². The highest BCUT2D eigenvalue weighted by molar-refractivity contribution is 6.96. The summed E-state index contributed by atoms with van der Waals surface area (Å²) >= 11 is 0. The van der Waals surface area contributed by atoms with Crippen molar-refractivity contribution in [2.45, 2.75) is 45.4 Å². The Labute approximate surface area is 228 Å². The zero-order chi connectivity index (χ0) is 26.8. The molecule has 0 bridgehead atoms. The molecule has 0 aromatic heterocycles. The summed E-state index contributed by atoms with van der Waals surface area (Å²) in [6, 6.07) is 37.1. The summed E-state index contributed by atoms with van der Waals surface area (Å²) in [6.45, 7) is 7.04. The lowest BCUT2D eigenvalue weighted by Crippen LogP contribution is -2.58. The van der Waals surface area contributed by atoms with Gasteiger partial charge in [-0.05, 0) is 73.4 Å². The van der Waals surface area contributed by atoms with Crippen LogP contribution in [0.3, 0.4) is 0 Å². The summed E-state index contributed by atoms with van der Waals surface area (Å²) < 4.78 is 18.3. The van der Waals surface area contributed by atoms with Crippen LogP contribution in [0.5, 0.6) is 11.5 Å². The lowest BCUT2D eigenvalue weighted by molar-refractivity contribution is 0.0152. The van der Waals surface area contributed by atoms with Crippen molar-refractivity contribution in [2.75, 3.05) is 13.2 Å². The average molecular weight is 527 g/mol. The molecule has 198 valence electrons. The topological polar surface area (TPSA) is 47.9 Å². The molecule has 4 nitrogen and oxygen atoms in total. The molecular formula is C33H38O4Si. The zero-order valence-corrected chi connectivity index (χ0v) is 23.5. The lowest BCUT2D eigenvalue weighted by Gasteiger charge is -2.28. The van der Waals surface area contributed by atoms with Crippen molar-refractivity contribution < 1.29 is 19.0 Å². The lowest BCUT2D eigenvalue weighted by atomic mass is 10.1. The minimum atomic E-state index is -2.26. The van der Waals surface area contributed by atoms with Gasteiger partial charge in [0.05, 0.1) is 0 Å². The van der Waals surface area contributed by atoms with Crippen molar-refractivity contribution in [1.82, 2.24) is 0 Å². The van der Waals surface area contributed by atoms with Gasteiger partial charge in [-0.2, -0.15) is 0 Å². The number of hydrogen-bond donors (Lipinski definition) is 1. The molecule has 0 heterocycles. The predicted molar refractivity (Wildman–Crippen MR) is 157 cm³/mol. The molecule has 38 heavy (non-hydrogen) atoms. The maximum absolute atomic E-state index is 10.5. The molecule has 0 radical (unpaired) electrons. The molecule has 0 aliphatic carbocycles. The standard InChI is InChI=1S/C33H38O4Si/c1-26-16-20-30(21-17-26)37-27(2)33(34)25-35-29-22-18-28(19-23-29)11-10-24-36-38(3,31-12-6-4-7-13-31)32-14-8-5-9-15-32/h4-9,12-23,27,33-34H,10-11,24-25H2,1-3H3. The van der Waals surface area contributed by atoms with Crippen LogP contribution in [0.15, 0.2) is 109 Å². The third kappa shape index (κ3) is 7.57. The van der Waals surface area contributed by atoms with Gasteiger partial charge in [0.25, 0.3) is 8.32 Å². The van der Waals surface area contributed by atoms with E-state index in [1.165, 1.54) is 21.5 Å². The summed E-state index contributed by atoms with van der Waals surface area (Å²) in [5.41, 5.74) is 2.41. The van der Waals surface area contributed by atoms with E-state index >= 15 is 0 Å². The summed E-state index contributed by atoms with van der Waals surface area (Å²) in [4.78, 5) is 0. The highest BCUT2D eigenvalue weighted by atomic mass is 28.4. The Balaban J connectivity index is 1.24. The van der Waals surface area contributed by atoms with E-state index in [0.717, 1.165) is 24.3 Å². The second-order valence-electron chi connectivity index (χ2n) is 9.88. The first kappa shape index (κ1) is 27.6. The fraction of sp³-hybridized carbons (Fsp3) is 0.273. The number of rotatable bonds is 13. The highest BCUT2D eigenvalue weighted by Gasteiger charge is 2.33. The van der Waals surface area contributed by atoms with Crippen molar-refractivity contribution in [3.63, 3.8) is 0 Å². The fourth-order valence-electron chi connectivity index (χ4n) is 4.38. The maximum atomic E-state index is 10.5. The number of benzene rings is 4. The van der Waals surface area contributed by atoms with E-state index in [2.05, 4.69) is 79.3 Å². The number of ether oxygens (including phenoxy) is 2. The molecule has 0 saturated heterocycles. The van der Waals surface area contributed by atoms with Crippen molar-refractivity contribution in [1.29, 1.82) is 0 Å². The maximum Gasteiger partial charge on any atom is 0.252 e. The predicted octanol–water partition coefficient (Wildman–Crippen LogP) is 5.54. The Morgan fingerprint density at radius 2 is 1.29 bits per heavy atom. The van der Waals surface area contributed by atoms with Gasteiger partial charge in [0.15, 0.2) is 0 Å². The number of hydrogen-bond acceptors (Lipinski definition) is 4. The van der Waals surface area contributed by atoms with E-state index in [4.69, 9.17) is 13.9 Å².